The van der Waals surface area contributed by atoms with E-state index in [1.807, 2.05) is 13.8 Å². The molecule has 0 rings (SSSR count). The number of nitrogens with one attached hydrogen (secondary N) is 1. The fourth-order valence-electron chi connectivity index (χ4n) is 1.14. The van der Waals surface area contributed by atoms with Crippen LogP contribution in [0, 0.1) is 16.7 Å². The van der Waals surface area contributed by atoms with E-state index in [-0.39, 0.29) is 11.0 Å². The molecule has 82 valence electrons. The molecule has 0 aliphatic carbocycles. The summed E-state index contributed by atoms with van der Waals surface area (Å²) in [4.78, 5) is 0. The first-order valence-electron chi connectivity index (χ1n) is 5.49. The van der Waals surface area contributed by atoms with Crippen molar-refractivity contribution < 1.29 is 0 Å². The Morgan fingerprint density at radius 3 is 2.21 bits per heavy atom. The maximum absolute atomic E-state index is 8.83. The number of hydrogen-bond acceptors (Lipinski definition) is 2. The third-order valence-corrected chi connectivity index (χ3v) is 2.77. The normalized spacial score (nSPS) is 12.6. The van der Waals surface area contributed by atoms with Crippen LogP contribution in [0.25, 0.3) is 0 Å². The molecule has 0 atom stereocenters. The molecule has 2 nitrogen and oxygen atoms in total. The molecule has 14 heavy (non-hydrogen) atoms. The monoisotopic (exact) mass is 196 g/mol. The average Bonchev–Trinajstić information content (AvgIpc) is 2.13. The lowest BCUT2D eigenvalue weighted by atomic mass is 9.89. The summed E-state index contributed by atoms with van der Waals surface area (Å²) in [5, 5.41) is 12.3. The SMILES string of the molecule is CCC(C)(C)NCCCC(C)(C)C#N. The summed E-state index contributed by atoms with van der Waals surface area (Å²) in [6, 6.07) is 2.33. The standard InChI is InChI=1S/C12H24N2/c1-6-12(4,5)14-9-7-8-11(2,3)10-13/h14H,6-9H2,1-5H3. The summed E-state index contributed by atoms with van der Waals surface area (Å²) in [6.07, 6.45) is 3.18. The van der Waals surface area contributed by atoms with Gasteiger partial charge in [-0.15, -0.1) is 0 Å². The summed E-state index contributed by atoms with van der Waals surface area (Å²) >= 11 is 0. The van der Waals surface area contributed by atoms with Crippen LogP contribution in [-0.2, 0) is 0 Å². The zero-order valence-electron chi connectivity index (χ0n) is 10.3. The highest BCUT2D eigenvalue weighted by atomic mass is 14.9. The van der Waals surface area contributed by atoms with Crippen molar-refractivity contribution >= 4 is 0 Å². The summed E-state index contributed by atoms with van der Waals surface area (Å²) in [6.45, 7) is 11.6. The Morgan fingerprint density at radius 2 is 1.79 bits per heavy atom. The first-order valence-corrected chi connectivity index (χ1v) is 5.49. The van der Waals surface area contributed by atoms with E-state index in [2.05, 4.69) is 32.2 Å². The lowest BCUT2D eigenvalue weighted by Gasteiger charge is -2.25. The molecule has 0 saturated carbocycles. The van der Waals surface area contributed by atoms with E-state index in [0.29, 0.717) is 0 Å². The summed E-state index contributed by atoms with van der Waals surface area (Å²) in [7, 11) is 0. The van der Waals surface area contributed by atoms with E-state index < -0.39 is 0 Å². The zero-order valence-corrected chi connectivity index (χ0v) is 10.3. The Labute approximate surface area is 88.7 Å². The second-order valence-corrected chi connectivity index (χ2v) is 5.26. The number of nitriles is 1. The molecule has 0 saturated heterocycles. The van der Waals surface area contributed by atoms with Crippen LogP contribution in [0.4, 0.5) is 0 Å². The molecule has 0 radical (unpaired) electrons. The van der Waals surface area contributed by atoms with Crippen LogP contribution in [0.2, 0.25) is 0 Å². The van der Waals surface area contributed by atoms with E-state index in [0.717, 1.165) is 25.8 Å². The molecule has 0 aliphatic heterocycles. The minimum atomic E-state index is -0.169. The first kappa shape index (κ1) is 13.4. The van der Waals surface area contributed by atoms with Crippen LogP contribution in [0.1, 0.15) is 53.9 Å². The van der Waals surface area contributed by atoms with Gasteiger partial charge >= 0.3 is 0 Å². The van der Waals surface area contributed by atoms with Crippen LogP contribution in [0.3, 0.4) is 0 Å². The van der Waals surface area contributed by atoms with Gasteiger partial charge in [-0.25, -0.2) is 0 Å². The predicted molar refractivity (Wildman–Crippen MR) is 61.0 cm³/mol. The topological polar surface area (TPSA) is 35.8 Å². The van der Waals surface area contributed by atoms with Crippen LogP contribution >= 0.6 is 0 Å². The van der Waals surface area contributed by atoms with Crippen molar-refractivity contribution in [2.24, 2.45) is 5.41 Å². The van der Waals surface area contributed by atoms with Gasteiger partial charge in [-0.1, -0.05) is 6.92 Å². The Morgan fingerprint density at radius 1 is 1.21 bits per heavy atom. The molecule has 0 aromatic heterocycles. The number of hydrogen-bond donors (Lipinski definition) is 1. The van der Waals surface area contributed by atoms with Crippen molar-refractivity contribution in [1.82, 2.24) is 5.32 Å². The molecular formula is C12H24N2. The van der Waals surface area contributed by atoms with Gasteiger partial charge in [-0.3, -0.25) is 0 Å². The highest BCUT2D eigenvalue weighted by Gasteiger charge is 2.17. The van der Waals surface area contributed by atoms with Crippen molar-refractivity contribution in [2.75, 3.05) is 6.54 Å². The summed E-state index contributed by atoms with van der Waals surface area (Å²) in [5.74, 6) is 0. The van der Waals surface area contributed by atoms with Gasteiger partial charge < -0.3 is 5.32 Å². The van der Waals surface area contributed by atoms with Crippen LogP contribution in [0.15, 0.2) is 0 Å². The van der Waals surface area contributed by atoms with Crippen molar-refractivity contribution in [2.45, 2.75) is 59.4 Å². The third kappa shape index (κ3) is 5.99. The van der Waals surface area contributed by atoms with E-state index in [4.69, 9.17) is 5.26 Å². The maximum atomic E-state index is 8.83. The molecule has 0 unspecified atom stereocenters. The molecule has 0 spiro atoms. The molecule has 0 heterocycles. The molecule has 0 aliphatic rings. The predicted octanol–water partition coefficient (Wildman–Crippen LogP) is 3.09. The number of rotatable bonds is 6. The van der Waals surface area contributed by atoms with Gasteiger partial charge in [-0.05, 0) is 53.5 Å². The van der Waals surface area contributed by atoms with Crippen LogP contribution in [-0.4, -0.2) is 12.1 Å². The molecule has 1 N–H and O–H groups in total. The second kappa shape index (κ2) is 5.36. The van der Waals surface area contributed by atoms with Crippen LogP contribution < -0.4 is 5.32 Å². The lowest BCUT2D eigenvalue weighted by molar-refractivity contribution is 0.351. The second-order valence-electron chi connectivity index (χ2n) is 5.26. The molecule has 0 aromatic carbocycles. The maximum Gasteiger partial charge on any atom is 0.0683 e. The van der Waals surface area contributed by atoms with Crippen molar-refractivity contribution in [3.8, 4) is 6.07 Å². The minimum absolute atomic E-state index is 0.169. The van der Waals surface area contributed by atoms with Crippen LogP contribution in [0.5, 0.6) is 0 Å². The first-order chi connectivity index (χ1) is 6.33. The van der Waals surface area contributed by atoms with Crippen molar-refractivity contribution in [3.05, 3.63) is 0 Å². The van der Waals surface area contributed by atoms with E-state index in [1.165, 1.54) is 0 Å². The Kier molecular flexibility index (Phi) is 5.15. The fourth-order valence-corrected chi connectivity index (χ4v) is 1.14. The largest absolute Gasteiger partial charge is 0.312 e. The van der Waals surface area contributed by atoms with Gasteiger partial charge in [0, 0.05) is 5.54 Å². The van der Waals surface area contributed by atoms with E-state index >= 15 is 0 Å². The highest BCUT2D eigenvalue weighted by Crippen LogP contribution is 2.20. The minimum Gasteiger partial charge on any atom is -0.312 e. The highest BCUT2D eigenvalue weighted by molar-refractivity contribution is 4.91. The zero-order chi connectivity index (χ0) is 11.2. The molecule has 2 heteroatoms. The Bertz CT molecular complexity index is 199. The van der Waals surface area contributed by atoms with Gasteiger partial charge in [0.2, 0.25) is 0 Å². The Balaban J connectivity index is 3.63. The quantitative estimate of drug-likeness (QED) is 0.663. The third-order valence-electron chi connectivity index (χ3n) is 2.77. The van der Waals surface area contributed by atoms with E-state index in [1.54, 1.807) is 0 Å². The summed E-state index contributed by atoms with van der Waals surface area (Å²) < 4.78 is 0. The van der Waals surface area contributed by atoms with Crippen molar-refractivity contribution in [1.29, 1.82) is 5.26 Å². The fraction of sp³-hybridized carbons (Fsp3) is 0.917. The van der Waals surface area contributed by atoms with Gasteiger partial charge in [0.1, 0.15) is 0 Å². The van der Waals surface area contributed by atoms with Gasteiger partial charge in [0.05, 0.1) is 11.5 Å². The Hall–Kier alpha value is -0.550. The van der Waals surface area contributed by atoms with Gasteiger partial charge in [0.25, 0.3) is 0 Å². The van der Waals surface area contributed by atoms with Gasteiger partial charge in [0.15, 0.2) is 0 Å². The van der Waals surface area contributed by atoms with E-state index in [9.17, 15) is 0 Å². The summed E-state index contributed by atoms with van der Waals surface area (Å²) in [5.41, 5.74) is 0.0643. The molecule has 0 bridgehead atoms. The molecular weight excluding hydrogens is 172 g/mol. The number of nitrogens with zero attached hydrogens (tertiary/aromatic N) is 1. The van der Waals surface area contributed by atoms with Gasteiger partial charge in [-0.2, -0.15) is 5.26 Å². The lowest BCUT2D eigenvalue weighted by Crippen LogP contribution is -2.39. The average molecular weight is 196 g/mol. The molecule has 0 amide bonds. The smallest absolute Gasteiger partial charge is 0.0683 e. The van der Waals surface area contributed by atoms with Crippen molar-refractivity contribution in [3.63, 3.8) is 0 Å². The molecule has 0 aromatic rings. The molecule has 0 fully saturated rings.